The molecular weight excluding hydrogens is 504 g/mol. The average molecular weight is 535 g/mol. The van der Waals surface area contributed by atoms with E-state index < -0.39 is 0 Å². The van der Waals surface area contributed by atoms with Crippen LogP contribution < -0.4 is 28.4 Å². The van der Waals surface area contributed by atoms with E-state index >= 15 is 0 Å². The Morgan fingerprint density at radius 3 is 0.846 bits per heavy atom. The van der Waals surface area contributed by atoms with E-state index in [1.807, 2.05) is 0 Å². The van der Waals surface area contributed by atoms with Gasteiger partial charge in [0.15, 0.2) is 34.5 Å². The number of benzene rings is 4. The van der Waals surface area contributed by atoms with Gasteiger partial charge in [-0.2, -0.15) is 0 Å². The van der Waals surface area contributed by atoms with Crippen LogP contribution in [0.25, 0.3) is 0 Å². The van der Waals surface area contributed by atoms with Crippen LogP contribution in [0.1, 0.15) is 16.7 Å². The Bertz CT molecular complexity index is 1320. The number of phenolic OH excluding ortho intramolecular Hbond substituents is 3. The zero-order chi connectivity index (χ0) is 28.3. The van der Waals surface area contributed by atoms with Crippen molar-refractivity contribution in [1.82, 2.24) is 0 Å². The lowest BCUT2D eigenvalue weighted by Crippen LogP contribution is -1.94. The minimum Gasteiger partial charge on any atom is -0.504 e. The van der Waals surface area contributed by atoms with Crippen molar-refractivity contribution < 1.29 is 43.7 Å². The average Bonchev–Trinajstić information content (AvgIpc) is 2.89. The zero-order valence-corrected chi connectivity index (χ0v) is 22.5. The normalized spacial score (nSPS) is 10.6. The van der Waals surface area contributed by atoms with Crippen LogP contribution in [0.15, 0.2) is 54.6 Å². The van der Waals surface area contributed by atoms with Crippen LogP contribution >= 0.6 is 0 Å². The number of hydrogen-bond donors (Lipinski definition) is 3. The summed E-state index contributed by atoms with van der Waals surface area (Å²) in [5.74, 6) is 3.29. The smallest absolute Gasteiger partial charge is 0.164 e. The van der Waals surface area contributed by atoms with Crippen molar-refractivity contribution in [1.29, 1.82) is 0 Å². The first-order valence-corrected chi connectivity index (χ1v) is 11.9. The van der Waals surface area contributed by atoms with Gasteiger partial charge in [-0.15, -0.1) is 0 Å². The summed E-state index contributed by atoms with van der Waals surface area (Å²) in [5, 5.41) is 30.6. The second kappa shape index (κ2) is 11.2. The van der Waals surface area contributed by atoms with E-state index in [9.17, 15) is 15.3 Å². The second-order valence-electron chi connectivity index (χ2n) is 8.82. The molecule has 0 aliphatic rings. The fourth-order valence-corrected chi connectivity index (χ4v) is 3.92. The molecule has 0 aliphatic heterocycles. The van der Waals surface area contributed by atoms with Crippen LogP contribution in [0.2, 0.25) is 0 Å². The molecule has 204 valence electrons. The largest absolute Gasteiger partial charge is 0.504 e. The van der Waals surface area contributed by atoms with E-state index in [1.54, 1.807) is 75.4 Å². The third-order valence-corrected chi connectivity index (χ3v) is 5.94. The predicted octanol–water partition coefficient (Wildman–Crippen LogP) is 7.13. The molecule has 0 radical (unpaired) electrons. The van der Waals surface area contributed by atoms with E-state index in [-0.39, 0.29) is 34.5 Å². The van der Waals surface area contributed by atoms with Crippen molar-refractivity contribution in [3.8, 4) is 69.0 Å². The van der Waals surface area contributed by atoms with Gasteiger partial charge < -0.3 is 43.7 Å². The highest BCUT2D eigenvalue weighted by atomic mass is 16.5. The van der Waals surface area contributed by atoms with Gasteiger partial charge in [0.05, 0.1) is 21.3 Å². The van der Waals surface area contributed by atoms with Crippen LogP contribution in [0.3, 0.4) is 0 Å². The minimum atomic E-state index is 0.0271. The van der Waals surface area contributed by atoms with Crippen LogP contribution in [-0.4, -0.2) is 36.6 Å². The van der Waals surface area contributed by atoms with Gasteiger partial charge >= 0.3 is 0 Å². The highest BCUT2D eigenvalue weighted by Crippen LogP contribution is 2.42. The van der Waals surface area contributed by atoms with Gasteiger partial charge in [-0.1, -0.05) is 0 Å². The monoisotopic (exact) mass is 534 g/mol. The quantitative estimate of drug-likeness (QED) is 0.206. The van der Waals surface area contributed by atoms with Crippen molar-refractivity contribution in [3.63, 3.8) is 0 Å². The maximum Gasteiger partial charge on any atom is 0.164 e. The van der Waals surface area contributed by atoms with E-state index in [1.165, 1.54) is 21.3 Å². The zero-order valence-electron chi connectivity index (χ0n) is 22.5. The highest BCUT2D eigenvalue weighted by molar-refractivity contribution is 5.55. The van der Waals surface area contributed by atoms with Crippen LogP contribution in [0.5, 0.6) is 69.0 Å². The lowest BCUT2D eigenvalue weighted by atomic mass is 10.2. The Kier molecular flexibility index (Phi) is 7.80. The fourth-order valence-electron chi connectivity index (χ4n) is 3.92. The molecule has 0 aliphatic carbocycles. The minimum absolute atomic E-state index is 0.0271. The first-order valence-electron chi connectivity index (χ1n) is 11.9. The number of ether oxygens (including phenoxy) is 6. The topological polar surface area (TPSA) is 116 Å². The Morgan fingerprint density at radius 2 is 0.615 bits per heavy atom. The Balaban J connectivity index is 1.75. The fraction of sp³-hybridized carbons (Fsp3) is 0.200. The number of rotatable bonds is 9. The molecule has 9 heteroatoms. The molecule has 39 heavy (non-hydrogen) atoms. The van der Waals surface area contributed by atoms with Crippen molar-refractivity contribution in [2.24, 2.45) is 0 Å². The number of aryl methyl sites for hydroxylation is 3. The van der Waals surface area contributed by atoms with Crippen LogP contribution in [0.4, 0.5) is 0 Å². The number of aromatic hydroxyl groups is 3. The predicted molar refractivity (Wildman–Crippen MR) is 145 cm³/mol. The molecule has 0 fully saturated rings. The van der Waals surface area contributed by atoms with Crippen molar-refractivity contribution in [3.05, 3.63) is 71.3 Å². The maximum atomic E-state index is 10.2. The maximum absolute atomic E-state index is 10.2. The molecule has 0 amide bonds. The van der Waals surface area contributed by atoms with Gasteiger partial charge in [-0.25, -0.2) is 0 Å². The van der Waals surface area contributed by atoms with E-state index in [2.05, 4.69) is 0 Å². The summed E-state index contributed by atoms with van der Waals surface area (Å²) < 4.78 is 34.1. The van der Waals surface area contributed by atoms with Gasteiger partial charge in [-0.3, -0.25) is 0 Å². The SMILES string of the molecule is COc1cc(Oc2cc(Oc3cc(C)c(O)c(OC)c3)cc(Oc3cc(C)c(O)c(OC)c3)c2)cc(C)c1O. The van der Waals surface area contributed by atoms with Gasteiger partial charge in [0.25, 0.3) is 0 Å². The first-order chi connectivity index (χ1) is 18.6. The van der Waals surface area contributed by atoms with E-state index in [0.717, 1.165) is 0 Å². The molecule has 0 saturated carbocycles. The molecule has 9 nitrogen and oxygen atoms in total. The summed E-state index contributed by atoms with van der Waals surface area (Å²) in [6.07, 6.45) is 0. The molecule has 0 bridgehead atoms. The highest BCUT2D eigenvalue weighted by Gasteiger charge is 2.15. The van der Waals surface area contributed by atoms with Gasteiger partial charge in [0.2, 0.25) is 0 Å². The molecular formula is C30H30O9. The number of methoxy groups -OCH3 is 3. The van der Waals surface area contributed by atoms with E-state index in [4.69, 9.17) is 28.4 Å². The molecule has 0 saturated heterocycles. The van der Waals surface area contributed by atoms with Crippen LogP contribution in [0, 0.1) is 20.8 Å². The first kappa shape index (κ1) is 27.1. The Hall–Kier alpha value is -4.92. The van der Waals surface area contributed by atoms with Crippen LogP contribution in [-0.2, 0) is 0 Å². The molecule has 0 atom stereocenters. The molecule has 0 spiro atoms. The summed E-state index contributed by atoms with van der Waals surface area (Å²) in [6.45, 7) is 5.21. The lowest BCUT2D eigenvalue weighted by molar-refractivity contribution is 0.365. The van der Waals surface area contributed by atoms with Crippen molar-refractivity contribution >= 4 is 0 Å². The summed E-state index contributed by atoms with van der Waals surface area (Å²) >= 11 is 0. The van der Waals surface area contributed by atoms with Gasteiger partial charge in [0, 0.05) is 36.4 Å². The van der Waals surface area contributed by atoms with Crippen molar-refractivity contribution in [2.45, 2.75) is 20.8 Å². The molecule has 0 heterocycles. The molecule has 4 aromatic carbocycles. The lowest BCUT2D eigenvalue weighted by Gasteiger charge is -2.16. The van der Waals surface area contributed by atoms with Crippen molar-refractivity contribution in [2.75, 3.05) is 21.3 Å². The summed E-state index contributed by atoms with van der Waals surface area (Å²) in [5.41, 5.74) is 1.73. The standard InChI is InChI=1S/C30H30O9/c1-16-7-19(13-25(34-4)28(16)31)37-22-10-23(38-20-8-17(2)29(32)26(14-20)35-5)12-24(11-22)39-21-9-18(3)30(33)27(15-21)36-6/h7-15,31-33H,1-6H3. The Morgan fingerprint density at radius 1 is 0.385 bits per heavy atom. The third kappa shape index (κ3) is 5.98. The summed E-state index contributed by atoms with van der Waals surface area (Å²) in [4.78, 5) is 0. The number of hydrogen-bond acceptors (Lipinski definition) is 9. The third-order valence-electron chi connectivity index (χ3n) is 5.94. The molecule has 3 N–H and O–H groups in total. The molecule has 4 rings (SSSR count). The summed E-state index contributed by atoms with van der Waals surface area (Å²) in [7, 11) is 4.38. The van der Waals surface area contributed by atoms with E-state index in [0.29, 0.717) is 51.2 Å². The number of phenols is 3. The molecule has 0 aromatic heterocycles. The van der Waals surface area contributed by atoms with Gasteiger partial charge in [0.1, 0.15) is 34.5 Å². The molecule has 0 unspecified atom stereocenters. The summed E-state index contributed by atoms with van der Waals surface area (Å²) in [6, 6.07) is 14.7. The Labute approximate surface area is 226 Å². The van der Waals surface area contributed by atoms with Gasteiger partial charge in [-0.05, 0) is 55.7 Å². The molecule has 4 aromatic rings. The second-order valence-corrected chi connectivity index (χ2v) is 8.82.